The summed E-state index contributed by atoms with van der Waals surface area (Å²) in [5, 5.41) is 0. The van der Waals surface area contributed by atoms with Crippen LogP contribution < -0.4 is 3.11 Å². The van der Waals surface area contributed by atoms with Crippen molar-refractivity contribution < 1.29 is 9.59 Å². The molecule has 0 spiro atoms. The van der Waals surface area contributed by atoms with Crippen molar-refractivity contribution in [3.8, 4) is 0 Å². The first-order valence-corrected chi connectivity index (χ1v) is 5.86. The maximum Gasteiger partial charge on any atom is 0.258 e. The molecule has 1 atom stereocenters. The van der Waals surface area contributed by atoms with E-state index in [1.54, 1.807) is 32.2 Å². The number of rotatable bonds is 0. The van der Waals surface area contributed by atoms with Crippen LogP contribution in [0.25, 0.3) is 0 Å². The van der Waals surface area contributed by atoms with E-state index in [0.29, 0.717) is 11.3 Å². The van der Waals surface area contributed by atoms with E-state index in [0.717, 1.165) is 0 Å². The van der Waals surface area contributed by atoms with Gasteiger partial charge in [-0.25, -0.2) is 3.11 Å². The summed E-state index contributed by atoms with van der Waals surface area (Å²) in [6.07, 6.45) is 0. The molecule has 1 heterocycles. The maximum absolute atomic E-state index is 12.1. The number of para-hydroxylation sites is 1. The van der Waals surface area contributed by atoms with Crippen molar-refractivity contribution in [2.75, 3.05) is 10.2 Å². The second-order valence-corrected chi connectivity index (χ2v) is 4.69. The minimum Gasteiger partial charge on any atom is -0.330 e. The van der Waals surface area contributed by atoms with Crippen LogP contribution in [0.4, 0.5) is 5.69 Å². The van der Waals surface area contributed by atoms with Crippen LogP contribution in [0.1, 0.15) is 17.3 Å². The van der Waals surface area contributed by atoms with Gasteiger partial charge < -0.3 is 4.90 Å². The second-order valence-electron chi connectivity index (χ2n) is 3.73. The Kier molecular flexibility index (Phi) is 2.88. The van der Waals surface area contributed by atoms with E-state index < -0.39 is 6.04 Å². The molecule has 0 aliphatic carbocycles. The highest BCUT2D eigenvalue weighted by atomic mass is 127. The van der Waals surface area contributed by atoms with E-state index in [1.165, 1.54) is 8.01 Å². The topological polar surface area (TPSA) is 40.6 Å². The standard InChI is InChI=1S/C11H11IN2O2/c1-7-10(15)14(12)9-6-4-3-5-8(9)11(16)13(7)2/h3-7H,1-2H3. The van der Waals surface area contributed by atoms with Crippen molar-refractivity contribution in [2.24, 2.45) is 0 Å². The molecule has 1 aliphatic rings. The molecule has 1 unspecified atom stereocenters. The third-order valence-corrected chi connectivity index (χ3v) is 3.79. The van der Waals surface area contributed by atoms with Crippen LogP contribution in [0.3, 0.4) is 0 Å². The van der Waals surface area contributed by atoms with E-state index in [1.807, 2.05) is 28.9 Å². The molecular formula is C11H11IN2O2. The van der Waals surface area contributed by atoms with E-state index in [4.69, 9.17) is 0 Å². The normalized spacial score (nSPS) is 20.8. The number of nitrogens with zero attached hydrogens (tertiary/aromatic N) is 2. The molecule has 0 N–H and O–H groups in total. The molecule has 16 heavy (non-hydrogen) atoms. The van der Waals surface area contributed by atoms with E-state index >= 15 is 0 Å². The van der Waals surface area contributed by atoms with Gasteiger partial charge >= 0.3 is 0 Å². The molecule has 0 saturated heterocycles. The molecule has 2 rings (SSSR count). The summed E-state index contributed by atoms with van der Waals surface area (Å²) in [7, 11) is 1.65. The van der Waals surface area contributed by atoms with Crippen LogP contribution in [0.2, 0.25) is 0 Å². The number of anilines is 1. The molecule has 2 amide bonds. The summed E-state index contributed by atoms with van der Waals surface area (Å²) in [6, 6.07) is 6.71. The number of fused-ring (bicyclic) bond motifs is 1. The van der Waals surface area contributed by atoms with Crippen molar-refractivity contribution in [1.82, 2.24) is 4.90 Å². The highest BCUT2D eigenvalue weighted by Crippen LogP contribution is 2.29. The van der Waals surface area contributed by atoms with Crippen LogP contribution >= 0.6 is 22.9 Å². The fourth-order valence-corrected chi connectivity index (χ4v) is 2.46. The van der Waals surface area contributed by atoms with Crippen LogP contribution in [-0.4, -0.2) is 29.8 Å². The average Bonchev–Trinajstić information content (AvgIpc) is 2.38. The second kappa shape index (κ2) is 4.04. The zero-order valence-corrected chi connectivity index (χ0v) is 11.1. The zero-order valence-electron chi connectivity index (χ0n) is 8.98. The Balaban J connectivity index is 2.62. The third kappa shape index (κ3) is 1.59. The SMILES string of the molecule is CC1C(=O)N(I)c2ccccc2C(=O)N1C. The number of carbonyl (C=O) groups excluding carboxylic acids is 2. The molecule has 0 saturated carbocycles. The lowest BCUT2D eigenvalue weighted by Gasteiger charge is -2.21. The molecule has 4 nitrogen and oxygen atoms in total. The molecule has 0 bridgehead atoms. The molecule has 5 heteroatoms. The predicted octanol–water partition coefficient (Wildman–Crippen LogP) is 1.84. The molecule has 1 aliphatic heterocycles. The number of hydrogen-bond acceptors (Lipinski definition) is 2. The van der Waals surface area contributed by atoms with Crippen LogP contribution in [0.5, 0.6) is 0 Å². The lowest BCUT2D eigenvalue weighted by Crippen LogP contribution is -2.41. The number of benzene rings is 1. The van der Waals surface area contributed by atoms with Gasteiger partial charge in [0.2, 0.25) is 0 Å². The van der Waals surface area contributed by atoms with Gasteiger partial charge in [0.05, 0.1) is 34.1 Å². The number of likely N-dealkylation sites (N-methyl/N-ethyl adjacent to an activating group) is 1. The van der Waals surface area contributed by atoms with Gasteiger partial charge in [0.25, 0.3) is 11.8 Å². The van der Waals surface area contributed by atoms with Crippen molar-refractivity contribution in [3.05, 3.63) is 29.8 Å². The quantitative estimate of drug-likeness (QED) is 0.538. The zero-order chi connectivity index (χ0) is 11.9. The van der Waals surface area contributed by atoms with E-state index in [9.17, 15) is 9.59 Å². The Bertz CT molecular complexity index is 461. The average molecular weight is 330 g/mol. The van der Waals surface area contributed by atoms with Crippen molar-refractivity contribution in [1.29, 1.82) is 0 Å². The van der Waals surface area contributed by atoms with Crippen LogP contribution in [-0.2, 0) is 4.79 Å². The summed E-state index contributed by atoms with van der Waals surface area (Å²) >= 11 is 1.94. The third-order valence-electron chi connectivity index (χ3n) is 2.80. The Hall–Kier alpha value is -1.11. The highest BCUT2D eigenvalue weighted by molar-refractivity contribution is 14.1. The highest BCUT2D eigenvalue weighted by Gasteiger charge is 2.33. The summed E-state index contributed by atoms with van der Waals surface area (Å²) in [5.41, 5.74) is 1.23. The van der Waals surface area contributed by atoms with Crippen molar-refractivity contribution in [2.45, 2.75) is 13.0 Å². The Morgan fingerprint density at radius 2 is 1.88 bits per heavy atom. The summed E-state index contributed by atoms with van der Waals surface area (Å²) < 4.78 is 1.51. The smallest absolute Gasteiger partial charge is 0.258 e. The van der Waals surface area contributed by atoms with Gasteiger partial charge in [-0.15, -0.1) is 0 Å². The van der Waals surface area contributed by atoms with Gasteiger partial charge in [0.1, 0.15) is 6.04 Å². The summed E-state index contributed by atoms with van der Waals surface area (Å²) in [6.45, 7) is 1.73. The fraction of sp³-hybridized carbons (Fsp3) is 0.273. The first-order valence-electron chi connectivity index (χ1n) is 4.90. The molecule has 0 fully saturated rings. The lowest BCUT2D eigenvalue weighted by molar-refractivity contribution is -0.120. The minimum absolute atomic E-state index is 0.0820. The minimum atomic E-state index is -0.434. The predicted molar refractivity (Wildman–Crippen MR) is 69.5 cm³/mol. The number of amides is 2. The first kappa shape index (κ1) is 11.4. The van der Waals surface area contributed by atoms with Crippen LogP contribution in [0, 0.1) is 0 Å². The van der Waals surface area contributed by atoms with Gasteiger partial charge in [-0.2, -0.15) is 0 Å². The number of carbonyl (C=O) groups is 2. The van der Waals surface area contributed by atoms with Gasteiger partial charge in [-0.1, -0.05) is 12.1 Å². The Labute approximate surface area is 108 Å². The van der Waals surface area contributed by atoms with Crippen molar-refractivity contribution in [3.63, 3.8) is 0 Å². The molecular weight excluding hydrogens is 319 g/mol. The first-order chi connectivity index (χ1) is 7.54. The summed E-state index contributed by atoms with van der Waals surface area (Å²) in [4.78, 5) is 25.5. The van der Waals surface area contributed by atoms with Crippen LogP contribution in [0.15, 0.2) is 24.3 Å². The fourth-order valence-electron chi connectivity index (χ4n) is 1.64. The monoisotopic (exact) mass is 330 g/mol. The molecule has 0 aromatic heterocycles. The van der Waals surface area contributed by atoms with E-state index in [2.05, 4.69) is 0 Å². The van der Waals surface area contributed by atoms with Crippen molar-refractivity contribution >= 4 is 40.4 Å². The van der Waals surface area contributed by atoms with Gasteiger partial charge in [-0.3, -0.25) is 9.59 Å². The molecule has 84 valence electrons. The number of hydrogen-bond donors (Lipinski definition) is 0. The van der Waals surface area contributed by atoms with Gasteiger partial charge in [-0.05, 0) is 19.1 Å². The summed E-state index contributed by atoms with van der Waals surface area (Å²) in [5.74, 6) is -0.197. The maximum atomic E-state index is 12.1. The molecule has 1 aromatic carbocycles. The molecule has 1 aromatic rings. The number of halogens is 1. The largest absolute Gasteiger partial charge is 0.330 e. The Morgan fingerprint density at radius 1 is 1.25 bits per heavy atom. The lowest BCUT2D eigenvalue weighted by atomic mass is 10.1. The van der Waals surface area contributed by atoms with E-state index in [-0.39, 0.29) is 11.8 Å². The van der Waals surface area contributed by atoms with Gasteiger partial charge in [0, 0.05) is 7.05 Å². The van der Waals surface area contributed by atoms with Gasteiger partial charge in [0.15, 0.2) is 0 Å². The Morgan fingerprint density at radius 3 is 2.56 bits per heavy atom. The molecule has 0 radical (unpaired) electrons.